The van der Waals surface area contributed by atoms with Crippen molar-refractivity contribution >= 4 is 9.28 Å². The molecule has 172 valence electrons. The molecular weight excluding hydrogens is 392 g/mol. The van der Waals surface area contributed by atoms with Crippen LogP contribution < -0.4 is 4.74 Å². The molecule has 1 aromatic carbocycles. The Morgan fingerprint density at radius 2 is 1.50 bits per heavy atom. The number of rotatable bonds is 14. The van der Waals surface area contributed by atoms with Crippen molar-refractivity contribution in [1.29, 1.82) is 0 Å². The highest BCUT2D eigenvalue weighted by molar-refractivity contribution is 6.44. The van der Waals surface area contributed by atoms with Gasteiger partial charge in [0.25, 0.3) is 0 Å². The van der Waals surface area contributed by atoms with Gasteiger partial charge in [-0.05, 0) is 95.9 Å². The third-order valence-electron chi connectivity index (χ3n) is 5.58. The highest BCUT2D eigenvalue weighted by Crippen LogP contribution is 2.34. The summed E-state index contributed by atoms with van der Waals surface area (Å²) in [5.41, 5.74) is 1.45. The highest BCUT2D eigenvalue weighted by atomic mass is 28.3. The van der Waals surface area contributed by atoms with Crippen LogP contribution >= 0.6 is 0 Å². The fourth-order valence-electron chi connectivity index (χ4n) is 4.01. The van der Waals surface area contributed by atoms with Crippen LogP contribution in [0.4, 0.5) is 0 Å². The van der Waals surface area contributed by atoms with E-state index in [-0.39, 0.29) is 12.2 Å². The predicted octanol–water partition coefficient (Wildman–Crippen LogP) is 6.37. The van der Waals surface area contributed by atoms with Gasteiger partial charge in [-0.1, -0.05) is 25.5 Å². The van der Waals surface area contributed by atoms with Crippen LogP contribution in [0.3, 0.4) is 0 Å². The lowest BCUT2D eigenvalue weighted by molar-refractivity contribution is 0.0237. The number of benzene rings is 1. The van der Waals surface area contributed by atoms with Gasteiger partial charge in [-0.25, -0.2) is 0 Å². The van der Waals surface area contributed by atoms with Crippen LogP contribution in [0.25, 0.3) is 0 Å². The Morgan fingerprint density at radius 1 is 0.867 bits per heavy atom. The maximum absolute atomic E-state index is 6.19. The summed E-state index contributed by atoms with van der Waals surface area (Å²) in [5, 5.41) is 0. The van der Waals surface area contributed by atoms with Gasteiger partial charge in [0.2, 0.25) is 0 Å². The van der Waals surface area contributed by atoms with Gasteiger partial charge in [0.15, 0.2) is 0 Å². The third kappa shape index (κ3) is 9.95. The minimum atomic E-state index is -1.58. The maximum atomic E-state index is 6.19. The zero-order valence-electron chi connectivity index (χ0n) is 19.9. The lowest BCUT2D eigenvalue weighted by Crippen LogP contribution is -2.30. The predicted molar refractivity (Wildman–Crippen MR) is 127 cm³/mol. The first-order chi connectivity index (χ1) is 14.5. The zero-order valence-corrected chi connectivity index (χ0v) is 21.1. The largest absolute Gasteiger partial charge is 0.494 e. The first-order valence-electron chi connectivity index (χ1n) is 12.1. The molecule has 0 aliphatic heterocycles. The molecule has 1 aromatic rings. The molecule has 2 rings (SSSR count). The van der Waals surface area contributed by atoms with Gasteiger partial charge in [0.05, 0.1) is 12.7 Å². The van der Waals surface area contributed by atoms with Crippen molar-refractivity contribution in [2.75, 3.05) is 13.2 Å². The lowest BCUT2D eigenvalue weighted by atomic mass is 9.83. The average Bonchev–Trinajstić information content (AvgIpc) is 2.71. The normalized spacial score (nSPS) is 19.7. The topological polar surface area (TPSA) is 36.9 Å². The van der Waals surface area contributed by atoms with Crippen LogP contribution in [0.15, 0.2) is 24.3 Å². The average molecular weight is 437 g/mol. The Bertz CT molecular complexity index is 543. The van der Waals surface area contributed by atoms with E-state index in [9.17, 15) is 0 Å². The van der Waals surface area contributed by atoms with E-state index in [1.807, 2.05) is 0 Å². The van der Waals surface area contributed by atoms with Gasteiger partial charge in [0.1, 0.15) is 5.75 Å². The van der Waals surface area contributed by atoms with E-state index in [0.717, 1.165) is 50.7 Å². The van der Waals surface area contributed by atoms with Crippen LogP contribution in [0, 0.1) is 0 Å². The minimum absolute atomic E-state index is 0.244. The van der Waals surface area contributed by atoms with Crippen LogP contribution in [-0.2, 0) is 13.6 Å². The van der Waals surface area contributed by atoms with Crippen molar-refractivity contribution in [3.05, 3.63) is 29.8 Å². The summed E-state index contributed by atoms with van der Waals surface area (Å²) in [6.07, 6.45) is 8.97. The van der Waals surface area contributed by atoms with E-state index in [2.05, 4.69) is 58.9 Å². The molecule has 30 heavy (non-hydrogen) atoms. The molecule has 0 N–H and O–H groups in total. The summed E-state index contributed by atoms with van der Waals surface area (Å²) in [5.74, 6) is 1.65. The smallest absolute Gasteiger partial charge is 0.321 e. The molecule has 4 nitrogen and oxygen atoms in total. The molecule has 0 unspecified atom stereocenters. The first kappa shape index (κ1) is 25.4. The molecule has 0 bridgehead atoms. The molecular formula is C25H44O4Si. The zero-order chi connectivity index (χ0) is 21.8. The van der Waals surface area contributed by atoms with E-state index in [0.29, 0.717) is 12.0 Å². The number of hydrogen-bond donors (Lipinski definition) is 0. The SMILES string of the molecule is CCCCOc1ccc(C2CCC(OCCC[SiH](OC(C)C)OC(C)C)CC2)cc1. The van der Waals surface area contributed by atoms with Crippen molar-refractivity contribution in [1.82, 2.24) is 0 Å². The molecule has 0 amide bonds. The molecule has 1 saturated carbocycles. The van der Waals surface area contributed by atoms with Crippen LogP contribution in [-0.4, -0.2) is 40.8 Å². The Morgan fingerprint density at radius 3 is 2.07 bits per heavy atom. The van der Waals surface area contributed by atoms with E-state index >= 15 is 0 Å². The van der Waals surface area contributed by atoms with Crippen molar-refractivity contribution in [3.63, 3.8) is 0 Å². The first-order valence-corrected chi connectivity index (χ1v) is 13.9. The molecule has 1 fully saturated rings. The second kappa shape index (κ2) is 14.2. The summed E-state index contributed by atoms with van der Waals surface area (Å²) in [4.78, 5) is 0. The quantitative estimate of drug-likeness (QED) is 0.251. The van der Waals surface area contributed by atoms with Gasteiger partial charge in [-0.3, -0.25) is 0 Å². The van der Waals surface area contributed by atoms with Crippen LogP contribution in [0.5, 0.6) is 5.75 Å². The molecule has 0 radical (unpaired) electrons. The van der Waals surface area contributed by atoms with Crippen LogP contribution in [0.1, 0.15) is 91.0 Å². The third-order valence-corrected chi connectivity index (χ3v) is 8.15. The molecule has 1 aliphatic rings. The van der Waals surface area contributed by atoms with Crippen LogP contribution in [0.2, 0.25) is 6.04 Å². The Hall–Kier alpha value is -0.883. The minimum Gasteiger partial charge on any atom is -0.494 e. The van der Waals surface area contributed by atoms with Gasteiger partial charge in [0, 0.05) is 18.8 Å². The highest BCUT2D eigenvalue weighted by Gasteiger charge is 2.23. The standard InChI is InChI=1S/C25H44O4Si/c1-6-7-17-26-24-13-9-22(10-14-24)23-11-15-25(16-12-23)27-18-8-19-30(28-20(2)3)29-21(4)5/h9-10,13-14,20-21,23,25,30H,6-8,11-12,15-19H2,1-5H3. The second-order valence-electron chi connectivity index (χ2n) is 9.06. The molecule has 0 saturated heterocycles. The Balaban J connectivity index is 1.64. The summed E-state index contributed by atoms with van der Waals surface area (Å²) in [6, 6.07) is 9.79. The fraction of sp³-hybridized carbons (Fsp3) is 0.760. The fourth-order valence-corrected chi connectivity index (χ4v) is 6.06. The Labute approximate surface area is 186 Å². The summed E-state index contributed by atoms with van der Waals surface area (Å²) in [6.45, 7) is 12.2. The molecule has 0 atom stereocenters. The van der Waals surface area contributed by atoms with E-state index in [4.69, 9.17) is 18.3 Å². The lowest BCUT2D eigenvalue weighted by Gasteiger charge is -2.29. The molecule has 0 spiro atoms. The molecule has 5 heteroatoms. The summed E-state index contributed by atoms with van der Waals surface area (Å²) >= 11 is 0. The summed E-state index contributed by atoms with van der Waals surface area (Å²) in [7, 11) is -1.58. The van der Waals surface area contributed by atoms with Crippen molar-refractivity contribution in [2.45, 2.75) is 110 Å². The summed E-state index contributed by atoms with van der Waals surface area (Å²) < 4.78 is 24.0. The van der Waals surface area contributed by atoms with E-state index in [1.54, 1.807) is 0 Å². The van der Waals surface area contributed by atoms with Gasteiger partial charge in [-0.15, -0.1) is 0 Å². The molecule has 1 aliphatic carbocycles. The molecule has 0 heterocycles. The monoisotopic (exact) mass is 436 g/mol. The second-order valence-corrected chi connectivity index (χ2v) is 11.0. The van der Waals surface area contributed by atoms with Crippen molar-refractivity contribution in [3.8, 4) is 5.75 Å². The molecule has 0 aromatic heterocycles. The van der Waals surface area contributed by atoms with E-state index < -0.39 is 9.28 Å². The van der Waals surface area contributed by atoms with Crippen molar-refractivity contribution < 1.29 is 18.3 Å². The maximum Gasteiger partial charge on any atom is 0.321 e. The van der Waals surface area contributed by atoms with Crippen molar-refractivity contribution in [2.24, 2.45) is 0 Å². The number of ether oxygens (including phenoxy) is 2. The number of unbranched alkanes of at least 4 members (excludes halogenated alkanes) is 1. The van der Waals surface area contributed by atoms with E-state index in [1.165, 1.54) is 24.8 Å². The van der Waals surface area contributed by atoms with Gasteiger partial charge >= 0.3 is 9.28 Å². The van der Waals surface area contributed by atoms with Gasteiger partial charge < -0.3 is 18.3 Å². The number of hydrogen-bond acceptors (Lipinski definition) is 4. The Kier molecular flexibility index (Phi) is 12.0. The van der Waals surface area contributed by atoms with Gasteiger partial charge in [-0.2, -0.15) is 0 Å².